The summed E-state index contributed by atoms with van der Waals surface area (Å²) in [5, 5.41) is 4.49. The van der Waals surface area contributed by atoms with Gasteiger partial charge in [-0.3, -0.25) is 14.6 Å². The smallest absolute Gasteiger partial charge is 0.250 e. The summed E-state index contributed by atoms with van der Waals surface area (Å²) in [6, 6.07) is 4.83. The van der Waals surface area contributed by atoms with E-state index in [2.05, 4.69) is 20.0 Å². The van der Waals surface area contributed by atoms with E-state index in [0.29, 0.717) is 37.0 Å². The summed E-state index contributed by atoms with van der Waals surface area (Å²) >= 11 is 1.31. The molecule has 28 heavy (non-hydrogen) atoms. The number of thiazole rings is 1. The zero-order valence-electron chi connectivity index (χ0n) is 15.0. The van der Waals surface area contributed by atoms with Crippen molar-refractivity contribution >= 4 is 45.0 Å². The van der Waals surface area contributed by atoms with Crippen molar-refractivity contribution in [1.29, 1.82) is 0 Å². The van der Waals surface area contributed by atoms with E-state index in [1.165, 1.54) is 34.7 Å². The lowest BCUT2D eigenvalue weighted by atomic mass is 10.3. The number of halogens is 2. The Morgan fingerprint density at radius 1 is 1.32 bits per heavy atom. The van der Waals surface area contributed by atoms with Crippen LogP contribution in [0.2, 0.25) is 0 Å². The van der Waals surface area contributed by atoms with Crippen LogP contribution in [0.4, 0.5) is 9.52 Å². The molecule has 0 aliphatic carbocycles. The molecule has 0 spiro atoms. The quantitative estimate of drug-likeness (QED) is 0.598. The highest BCUT2D eigenvalue weighted by molar-refractivity contribution is 7.22. The Bertz CT molecular complexity index is 916. The van der Waals surface area contributed by atoms with Gasteiger partial charge in [0.05, 0.1) is 17.9 Å². The molecule has 8 nitrogen and oxygen atoms in total. The van der Waals surface area contributed by atoms with Crippen molar-refractivity contribution in [2.45, 2.75) is 6.54 Å². The molecule has 3 aromatic rings. The van der Waals surface area contributed by atoms with Crippen LogP contribution in [-0.4, -0.2) is 69.9 Å². The number of fused-ring (bicyclic) bond motifs is 1. The number of hydrogen-bond donors (Lipinski definition) is 0. The van der Waals surface area contributed by atoms with Crippen molar-refractivity contribution < 1.29 is 13.9 Å². The van der Waals surface area contributed by atoms with Crippen LogP contribution in [0.3, 0.4) is 0 Å². The number of para-hydroxylation sites is 1. The van der Waals surface area contributed by atoms with Gasteiger partial charge in [-0.05, 0) is 12.1 Å². The lowest BCUT2D eigenvalue weighted by Gasteiger charge is -2.29. The first-order valence-corrected chi connectivity index (χ1v) is 9.50. The summed E-state index contributed by atoms with van der Waals surface area (Å²) in [6.45, 7) is 4.28. The van der Waals surface area contributed by atoms with E-state index in [4.69, 9.17) is 4.74 Å². The molecule has 3 heterocycles. The highest BCUT2D eigenvalue weighted by atomic mass is 35.5. The average molecular weight is 427 g/mol. The number of hydrogen-bond acceptors (Lipinski definition) is 7. The molecule has 1 amide bonds. The molecule has 1 aliphatic heterocycles. The molecule has 2 aromatic heterocycles. The number of morpholine rings is 1. The van der Waals surface area contributed by atoms with Gasteiger partial charge in [0, 0.05) is 26.2 Å². The van der Waals surface area contributed by atoms with Gasteiger partial charge < -0.3 is 4.74 Å². The fourth-order valence-electron chi connectivity index (χ4n) is 2.95. The van der Waals surface area contributed by atoms with Gasteiger partial charge >= 0.3 is 0 Å². The van der Waals surface area contributed by atoms with Gasteiger partial charge in [0.2, 0.25) is 0 Å². The molecule has 0 bridgehead atoms. The summed E-state index contributed by atoms with van der Waals surface area (Å²) in [5.74, 6) is -0.542. The van der Waals surface area contributed by atoms with Gasteiger partial charge in [0.15, 0.2) is 5.13 Å². The third-order valence-corrected chi connectivity index (χ3v) is 5.44. The number of benzene rings is 1. The van der Waals surface area contributed by atoms with Crippen molar-refractivity contribution in [3.8, 4) is 0 Å². The maximum Gasteiger partial charge on any atom is 0.250 e. The average Bonchev–Trinajstić information content (AvgIpc) is 3.33. The van der Waals surface area contributed by atoms with Crippen LogP contribution in [0.5, 0.6) is 0 Å². The molecular formula is C17H20ClFN6O2S. The van der Waals surface area contributed by atoms with E-state index >= 15 is 0 Å². The van der Waals surface area contributed by atoms with E-state index in [-0.39, 0.29) is 30.7 Å². The number of aromatic nitrogens is 4. The Hall–Kier alpha value is -2.14. The lowest BCUT2D eigenvalue weighted by Crippen LogP contribution is -2.44. The van der Waals surface area contributed by atoms with Gasteiger partial charge in [0.1, 0.15) is 30.5 Å². The fraction of sp³-hybridized carbons (Fsp3) is 0.412. The highest BCUT2D eigenvalue weighted by Gasteiger charge is 2.22. The number of carbonyl (C=O) groups is 1. The SMILES string of the molecule is Cl.O=C(Cn1cncn1)N(CCN1CCOCC1)c1nc2c(F)cccc2s1. The zero-order valence-corrected chi connectivity index (χ0v) is 16.7. The molecule has 150 valence electrons. The van der Waals surface area contributed by atoms with Gasteiger partial charge in [-0.15, -0.1) is 12.4 Å². The first-order valence-electron chi connectivity index (χ1n) is 8.68. The second-order valence-corrected chi connectivity index (χ2v) is 7.18. The molecular weight excluding hydrogens is 407 g/mol. The second-order valence-electron chi connectivity index (χ2n) is 6.18. The first kappa shape index (κ1) is 20.6. The van der Waals surface area contributed by atoms with Crippen LogP contribution >= 0.6 is 23.7 Å². The Morgan fingerprint density at radius 2 is 2.14 bits per heavy atom. The van der Waals surface area contributed by atoms with E-state index in [1.807, 2.05) is 6.07 Å². The molecule has 0 unspecified atom stereocenters. The largest absolute Gasteiger partial charge is 0.379 e. The van der Waals surface area contributed by atoms with E-state index in [9.17, 15) is 9.18 Å². The Kier molecular flexibility index (Phi) is 6.89. The van der Waals surface area contributed by atoms with E-state index in [1.54, 1.807) is 11.0 Å². The van der Waals surface area contributed by atoms with E-state index in [0.717, 1.165) is 17.8 Å². The number of ether oxygens (including phenoxy) is 1. The first-order chi connectivity index (χ1) is 13.2. The topological polar surface area (TPSA) is 76.4 Å². The van der Waals surface area contributed by atoms with Gasteiger partial charge in [-0.25, -0.2) is 19.0 Å². The van der Waals surface area contributed by atoms with Crippen molar-refractivity contribution in [2.75, 3.05) is 44.3 Å². The Morgan fingerprint density at radius 3 is 2.86 bits per heavy atom. The van der Waals surface area contributed by atoms with Crippen molar-refractivity contribution in [1.82, 2.24) is 24.6 Å². The molecule has 1 saturated heterocycles. The Labute approximate surface area is 171 Å². The van der Waals surface area contributed by atoms with Gasteiger partial charge in [-0.1, -0.05) is 17.4 Å². The number of anilines is 1. The van der Waals surface area contributed by atoms with Crippen LogP contribution in [0.1, 0.15) is 0 Å². The van der Waals surface area contributed by atoms with Crippen LogP contribution in [0.25, 0.3) is 10.2 Å². The number of amides is 1. The molecule has 0 radical (unpaired) electrons. The van der Waals surface area contributed by atoms with Crippen LogP contribution < -0.4 is 4.90 Å². The van der Waals surface area contributed by atoms with Gasteiger partial charge in [-0.2, -0.15) is 5.10 Å². The third kappa shape index (κ3) is 4.64. The van der Waals surface area contributed by atoms with Crippen molar-refractivity contribution in [3.63, 3.8) is 0 Å². The summed E-state index contributed by atoms with van der Waals surface area (Å²) in [7, 11) is 0. The molecule has 0 atom stereocenters. The van der Waals surface area contributed by atoms with E-state index < -0.39 is 0 Å². The number of carbonyl (C=O) groups excluding carboxylic acids is 1. The third-order valence-electron chi connectivity index (χ3n) is 4.40. The van der Waals surface area contributed by atoms with Gasteiger partial charge in [0.25, 0.3) is 5.91 Å². The normalized spacial score (nSPS) is 14.8. The molecule has 11 heteroatoms. The predicted molar refractivity (Wildman–Crippen MR) is 106 cm³/mol. The summed E-state index contributed by atoms with van der Waals surface area (Å²) in [4.78, 5) is 25.0. The zero-order chi connectivity index (χ0) is 18.6. The minimum atomic E-state index is -0.383. The lowest BCUT2D eigenvalue weighted by molar-refractivity contribution is -0.119. The molecule has 1 aliphatic rings. The summed E-state index contributed by atoms with van der Waals surface area (Å²) in [6.07, 6.45) is 2.88. The monoisotopic (exact) mass is 426 g/mol. The predicted octanol–water partition coefficient (Wildman–Crippen LogP) is 1.81. The minimum Gasteiger partial charge on any atom is -0.379 e. The van der Waals surface area contributed by atoms with Crippen molar-refractivity contribution in [3.05, 3.63) is 36.7 Å². The summed E-state index contributed by atoms with van der Waals surface area (Å²) < 4.78 is 21.6. The molecule has 1 fully saturated rings. The molecule has 4 rings (SSSR count). The fourth-order valence-corrected chi connectivity index (χ4v) is 3.97. The highest BCUT2D eigenvalue weighted by Crippen LogP contribution is 2.30. The van der Waals surface area contributed by atoms with Crippen LogP contribution in [0, 0.1) is 5.82 Å². The second kappa shape index (κ2) is 9.37. The number of rotatable bonds is 6. The molecule has 0 saturated carbocycles. The maximum absolute atomic E-state index is 14.0. The van der Waals surface area contributed by atoms with Crippen LogP contribution in [-0.2, 0) is 16.1 Å². The standard InChI is InChI=1S/C17H19FN6O2S.ClH/c18-13-2-1-3-14-16(13)21-17(27-14)24(5-4-22-6-8-26-9-7-22)15(25)10-23-12-19-11-20-23;/h1-3,11-12H,4-10H2;1H. The Balaban J connectivity index is 0.00000225. The van der Waals surface area contributed by atoms with Crippen molar-refractivity contribution in [2.24, 2.45) is 0 Å². The summed E-state index contributed by atoms with van der Waals surface area (Å²) in [5.41, 5.74) is 0.294. The maximum atomic E-state index is 14.0. The molecule has 1 aromatic carbocycles. The number of nitrogens with zero attached hydrogens (tertiary/aromatic N) is 6. The molecule has 0 N–H and O–H groups in total. The van der Waals surface area contributed by atoms with Crippen LogP contribution in [0.15, 0.2) is 30.9 Å². The minimum absolute atomic E-state index is 0.